The molecule has 206 valence electrons. The van der Waals surface area contributed by atoms with E-state index in [1.54, 1.807) is 25.3 Å². The number of piperazine rings is 1. The van der Waals surface area contributed by atoms with Crippen molar-refractivity contribution in [2.45, 2.75) is 26.3 Å². The van der Waals surface area contributed by atoms with Gasteiger partial charge >= 0.3 is 0 Å². The quantitative estimate of drug-likeness (QED) is 0.408. The van der Waals surface area contributed by atoms with Crippen molar-refractivity contribution >= 4 is 23.2 Å². The lowest BCUT2D eigenvalue weighted by Gasteiger charge is -2.41. The minimum absolute atomic E-state index is 0.0963. The summed E-state index contributed by atoms with van der Waals surface area (Å²) in [6.07, 6.45) is 0.129. The summed E-state index contributed by atoms with van der Waals surface area (Å²) in [4.78, 5) is 32.1. The molecule has 1 atom stereocenters. The number of likely N-dealkylation sites (N-methyl/N-ethyl adjacent to an activating group) is 1. The molecule has 0 spiro atoms. The Kier molecular flexibility index (Phi) is 9.54. The number of ether oxygens (including phenoxy) is 1. The van der Waals surface area contributed by atoms with Gasteiger partial charge in [0.2, 0.25) is 11.8 Å². The molecular weight excluding hydrogens is 495 g/mol. The molecule has 0 bridgehead atoms. The minimum atomic E-state index is -0.391. The summed E-state index contributed by atoms with van der Waals surface area (Å²) in [7, 11) is 1.56. The Labute approximate surface area is 230 Å². The van der Waals surface area contributed by atoms with Gasteiger partial charge in [0.15, 0.2) is 0 Å². The normalized spacial score (nSPS) is 14.5. The van der Waals surface area contributed by atoms with Crippen LogP contribution in [0.4, 0.5) is 15.8 Å². The molecule has 8 heteroatoms. The number of halogens is 1. The van der Waals surface area contributed by atoms with E-state index in [-0.39, 0.29) is 24.3 Å². The lowest BCUT2D eigenvalue weighted by molar-refractivity contribution is -0.137. The molecule has 1 N–H and O–H groups in total. The zero-order valence-corrected chi connectivity index (χ0v) is 22.9. The molecule has 1 fully saturated rings. The first-order valence-electron chi connectivity index (χ1n) is 13.5. The summed E-state index contributed by atoms with van der Waals surface area (Å²) < 4.78 is 20.5. The summed E-state index contributed by atoms with van der Waals surface area (Å²) in [6, 6.07) is 21.6. The van der Waals surface area contributed by atoms with Crippen LogP contribution in [0.5, 0.6) is 5.75 Å². The van der Waals surface area contributed by atoms with Crippen LogP contribution in [0.3, 0.4) is 0 Å². The number of nitrogens with zero attached hydrogens (tertiary/aromatic N) is 3. The van der Waals surface area contributed by atoms with Crippen molar-refractivity contribution in [2.75, 3.05) is 56.6 Å². The Hall–Kier alpha value is -3.91. The SMILES string of the molecule is CCN(CC)C(=O)C(c1ccccc1)N1CCN(c2ccc(NC(=O)Cc3ccccc3OC)cc2F)CC1. The van der Waals surface area contributed by atoms with Crippen molar-refractivity contribution in [1.82, 2.24) is 9.80 Å². The van der Waals surface area contributed by atoms with Gasteiger partial charge in [-0.05, 0) is 43.7 Å². The monoisotopic (exact) mass is 532 g/mol. The van der Waals surface area contributed by atoms with Crippen LogP contribution >= 0.6 is 0 Å². The van der Waals surface area contributed by atoms with E-state index >= 15 is 4.39 Å². The van der Waals surface area contributed by atoms with Gasteiger partial charge in [0.1, 0.15) is 17.6 Å². The van der Waals surface area contributed by atoms with Gasteiger partial charge in [0, 0.05) is 50.5 Å². The van der Waals surface area contributed by atoms with Crippen molar-refractivity contribution in [3.63, 3.8) is 0 Å². The molecule has 0 saturated carbocycles. The zero-order valence-electron chi connectivity index (χ0n) is 22.9. The zero-order chi connectivity index (χ0) is 27.8. The smallest absolute Gasteiger partial charge is 0.244 e. The predicted molar refractivity (Wildman–Crippen MR) is 153 cm³/mol. The van der Waals surface area contributed by atoms with Crippen molar-refractivity contribution in [2.24, 2.45) is 0 Å². The molecule has 4 rings (SSSR count). The molecule has 7 nitrogen and oxygen atoms in total. The maximum absolute atomic E-state index is 15.2. The molecule has 0 radical (unpaired) electrons. The highest BCUT2D eigenvalue weighted by molar-refractivity contribution is 5.92. The lowest BCUT2D eigenvalue weighted by Crippen LogP contribution is -2.51. The van der Waals surface area contributed by atoms with Crippen molar-refractivity contribution < 1.29 is 18.7 Å². The number of carbonyl (C=O) groups is 2. The van der Waals surface area contributed by atoms with Crippen LogP contribution in [0, 0.1) is 5.82 Å². The summed E-state index contributed by atoms with van der Waals surface area (Å²) in [5.74, 6) is 0.100. The fourth-order valence-electron chi connectivity index (χ4n) is 5.14. The molecule has 0 aromatic heterocycles. The van der Waals surface area contributed by atoms with Gasteiger partial charge in [0.05, 0.1) is 19.2 Å². The molecule has 3 aromatic carbocycles. The highest BCUT2D eigenvalue weighted by atomic mass is 19.1. The lowest BCUT2D eigenvalue weighted by atomic mass is 10.0. The largest absolute Gasteiger partial charge is 0.496 e. The second-order valence-electron chi connectivity index (χ2n) is 9.55. The van der Waals surface area contributed by atoms with E-state index in [1.807, 2.05) is 72.2 Å². The fourth-order valence-corrected chi connectivity index (χ4v) is 5.14. The third-order valence-electron chi connectivity index (χ3n) is 7.22. The van der Waals surface area contributed by atoms with E-state index in [4.69, 9.17) is 4.74 Å². The molecule has 1 aliphatic heterocycles. The van der Waals surface area contributed by atoms with Crippen molar-refractivity contribution in [3.05, 3.63) is 89.7 Å². The summed E-state index contributed by atoms with van der Waals surface area (Å²) in [5.41, 5.74) is 2.63. The Balaban J connectivity index is 1.41. The van der Waals surface area contributed by atoms with Crippen LogP contribution in [-0.2, 0) is 16.0 Å². The molecule has 1 aliphatic rings. The van der Waals surface area contributed by atoms with E-state index < -0.39 is 5.82 Å². The Morgan fingerprint density at radius 2 is 1.62 bits per heavy atom. The predicted octanol–water partition coefficient (Wildman–Crippen LogP) is 4.75. The third kappa shape index (κ3) is 6.75. The van der Waals surface area contributed by atoms with Gasteiger partial charge in [-0.25, -0.2) is 4.39 Å². The van der Waals surface area contributed by atoms with E-state index in [9.17, 15) is 9.59 Å². The molecule has 0 aliphatic carbocycles. The highest BCUT2D eigenvalue weighted by Gasteiger charge is 2.33. The number of carbonyl (C=O) groups excluding carboxylic acids is 2. The average Bonchev–Trinajstić information content (AvgIpc) is 2.95. The van der Waals surface area contributed by atoms with E-state index in [2.05, 4.69) is 10.2 Å². The maximum Gasteiger partial charge on any atom is 0.244 e. The van der Waals surface area contributed by atoms with Crippen LogP contribution in [0.25, 0.3) is 0 Å². The molecular formula is C31H37FN4O3. The minimum Gasteiger partial charge on any atom is -0.496 e. The van der Waals surface area contributed by atoms with Crippen LogP contribution in [0.1, 0.15) is 31.0 Å². The second kappa shape index (κ2) is 13.2. The number of benzene rings is 3. The Bertz CT molecular complexity index is 1260. The number of amides is 2. The molecule has 3 aromatic rings. The van der Waals surface area contributed by atoms with E-state index in [0.29, 0.717) is 56.4 Å². The van der Waals surface area contributed by atoms with Crippen LogP contribution in [0.2, 0.25) is 0 Å². The third-order valence-corrected chi connectivity index (χ3v) is 7.22. The van der Waals surface area contributed by atoms with Gasteiger partial charge < -0.3 is 19.9 Å². The fraction of sp³-hybridized carbons (Fsp3) is 0.355. The van der Waals surface area contributed by atoms with Crippen molar-refractivity contribution in [1.29, 1.82) is 0 Å². The summed E-state index contributed by atoms with van der Waals surface area (Å²) >= 11 is 0. The van der Waals surface area contributed by atoms with E-state index in [1.165, 1.54) is 6.07 Å². The van der Waals surface area contributed by atoms with Gasteiger partial charge in [-0.1, -0.05) is 48.5 Å². The van der Waals surface area contributed by atoms with E-state index in [0.717, 1.165) is 11.1 Å². The summed E-state index contributed by atoms with van der Waals surface area (Å²) in [6.45, 7) is 7.74. The average molecular weight is 533 g/mol. The van der Waals surface area contributed by atoms with Gasteiger partial charge in [-0.15, -0.1) is 0 Å². The van der Waals surface area contributed by atoms with Crippen LogP contribution in [-0.4, -0.2) is 68.0 Å². The first-order chi connectivity index (χ1) is 18.9. The molecule has 1 saturated heterocycles. The highest BCUT2D eigenvalue weighted by Crippen LogP contribution is 2.29. The molecule has 1 heterocycles. The van der Waals surface area contributed by atoms with Gasteiger partial charge in [-0.2, -0.15) is 0 Å². The maximum atomic E-state index is 15.2. The molecule has 1 unspecified atom stereocenters. The number of methoxy groups -OCH3 is 1. The number of para-hydroxylation sites is 1. The number of hydrogen-bond donors (Lipinski definition) is 1. The Morgan fingerprint density at radius 1 is 0.949 bits per heavy atom. The van der Waals surface area contributed by atoms with Gasteiger partial charge in [0.25, 0.3) is 0 Å². The van der Waals surface area contributed by atoms with Crippen LogP contribution in [0.15, 0.2) is 72.8 Å². The molecule has 2 amide bonds. The first kappa shape index (κ1) is 28.1. The first-order valence-corrected chi connectivity index (χ1v) is 13.5. The number of rotatable bonds is 10. The molecule has 39 heavy (non-hydrogen) atoms. The second-order valence-corrected chi connectivity index (χ2v) is 9.55. The number of hydrogen-bond acceptors (Lipinski definition) is 5. The number of nitrogens with one attached hydrogen (secondary N) is 1. The topological polar surface area (TPSA) is 65.1 Å². The standard InChI is InChI=1S/C31H37FN4O3/c1-4-34(5-2)31(38)30(23-11-7-6-8-12-23)36-19-17-35(18-20-36)27-16-15-25(22-26(27)32)33-29(37)21-24-13-9-10-14-28(24)39-3/h6-16,22,30H,4-5,17-21H2,1-3H3,(H,33,37). The van der Waals surface area contributed by atoms with Crippen LogP contribution < -0.4 is 15.0 Å². The van der Waals surface area contributed by atoms with Gasteiger partial charge in [-0.3, -0.25) is 14.5 Å². The summed E-state index contributed by atoms with van der Waals surface area (Å²) in [5, 5.41) is 2.78. The van der Waals surface area contributed by atoms with Crippen molar-refractivity contribution in [3.8, 4) is 5.75 Å². The number of anilines is 2. The Morgan fingerprint density at radius 3 is 2.26 bits per heavy atom.